The zero-order valence-corrected chi connectivity index (χ0v) is 46.0. The molecule has 0 radical (unpaired) electrons. The van der Waals surface area contributed by atoms with E-state index in [0.717, 1.165) is 134 Å². The van der Waals surface area contributed by atoms with Crippen LogP contribution in [0.3, 0.4) is 0 Å². The summed E-state index contributed by atoms with van der Waals surface area (Å²) in [7, 11) is 1.44. The number of ether oxygens (including phenoxy) is 4. The number of aryl methyl sites for hydroxylation is 1. The standard InChI is InChI=1S/C34H33F2N5O2.C28H36N4O6/c1-2-23-25(35)11-9-21-7-3-8-24(27(21)23)30-29(36)31-28-26(37-30)12-10-22-19-42-18-6-17-41(22)32(28)39-33(38-31)43-20-34-13-4-15-40(34)16-5-14-34;1-37-27(36)31-16-28(17-31)10-6-20(7-11-28)38-21-8-12-30(13-9-21)19-2-3-22-18(14-19)15-32(26(22)35)23-4-5-24(33)29-25(23)34/h1,3,7-9,11,22H,4-6,10,12-20H2;2-3,14,20-21,23H,4-13,15-17H2,1H3,(H,29,33,34). The summed E-state index contributed by atoms with van der Waals surface area (Å²) in [5.41, 5.74) is 4.47. The van der Waals surface area contributed by atoms with Crippen molar-refractivity contribution < 1.29 is 46.9 Å². The van der Waals surface area contributed by atoms with E-state index < -0.39 is 17.7 Å². The van der Waals surface area contributed by atoms with Crippen LogP contribution in [0.2, 0.25) is 0 Å². The van der Waals surface area contributed by atoms with Crippen LogP contribution in [0, 0.1) is 29.4 Å². The number of rotatable bonds is 8. The number of carbonyl (C=O) groups excluding carboxylic acids is 4. The minimum atomic E-state index is -0.588. The normalized spacial score (nSPS) is 23.5. The summed E-state index contributed by atoms with van der Waals surface area (Å²) < 4.78 is 55.5. The van der Waals surface area contributed by atoms with Crippen LogP contribution in [-0.4, -0.2) is 156 Å². The van der Waals surface area contributed by atoms with Crippen molar-refractivity contribution in [2.45, 2.75) is 133 Å². The summed E-state index contributed by atoms with van der Waals surface area (Å²) in [5, 5.41) is 4.15. The number of nitrogens with zero attached hydrogens (tertiary/aromatic N) is 8. The van der Waals surface area contributed by atoms with E-state index in [1.54, 1.807) is 21.9 Å². The summed E-state index contributed by atoms with van der Waals surface area (Å²) in [6.07, 6.45) is 19.7. The molecule has 424 valence electrons. The van der Waals surface area contributed by atoms with Gasteiger partial charge in [0.25, 0.3) is 5.91 Å². The van der Waals surface area contributed by atoms with Crippen molar-refractivity contribution in [3.63, 3.8) is 0 Å². The average molecular weight is 1110 g/mol. The maximum Gasteiger partial charge on any atom is 0.409 e. The van der Waals surface area contributed by atoms with Crippen LogP contribution < -0.4 is 19.9 Å². The van der Waals surface area contributed by atoms with Crippen molar-refractivity contribution in [1.29, 1.82) is 0 Å². The van der Waals surface area contributed by atoms with Gasteiger partial charge >= 0.3 is 12.1 Å². The topological polar surface area (TPSA) is 172 Å². The van der Waals surface area contributed by atoms with Crippen LogP contribution in [0.5, 0.6) is 6.01 Å². The highest BCUT2D eigenvalue weighted by Gasteiger charge is 2.49. The number of benzene rings is 3. The Balaban J connectivity index is 0.000000154. The van der Waals surface area contributed by atoms with Gasteiger partial charge in [-0.3, -0.25) is 24.6 Å². The number of amides is 4. The smallest absolute Gasteiger partial charge is 0.409 e. The highest BCUT2D eigenvalue weighted by Crippen LogP contribution is 2.46. The first-order valence-corrected chi connectivity index (χ1v) is 29.2. The summed E-state index contributed by atoms with van der Waals surface area (Å²) in [5.74, 6) is 1.23. The van der Waals surface area contributed by atoms with E-state index in [4.69, 9.17) is 40.3 Å². The molecule has 8 aliphatic heterocycles. The monoisotopic (exact) mass is 1110 g/mol. The van der Waals surface area contributed by atoms with Gasteiger partial charge in [0.05, 0.1) is 54.1 Å². The molecular weight excluding hydrogens is 1040 g/mol. The number of fused-ring (bicyclic) bond motifs is 5. The number of carbonyl (C=O) groups is 4. The van der Waals surface area contributed by atoms with Crippen molar-refractivity contribution in [2.24, 2.45) is 5.41 Å². The van der Waals surface area contributed by atoms with E-state index in [2.05, 4.69) is 32.0 Å². The minimum absolute atomic E-state index is 0.00280. The maximum absolute atomic E-state index is 16.9. The molecule has 6 saturated heterocycles. The Hall–Kier alpha value is -7.01. The number of imide groups is 1. The summed E-state index contributed by atoms with van der Waals surface area (Å²) >= 11 is 0. The van der Waals surface area contributed by atoms with Gasteiger partial charge in [0.15, 0.2) is 5.82 Å². The molecule has 4 amide bonds. The molecule has 0 bridgehead atoms. The van der Waals surface area contributed by atoms with E-state index in [9.17, 15) is 23.6 Å². The molecule has 10 heterocycles. The number of halogens is 2. The predicted molar refractivity (Wildman–Crippen MR) is 299 cm³/mol. The third-order valence-electron chi connectivity index (χ3n) is 19.1. The molecule has 14 rings (SSSR count). The Morgan fingerprint density at radius 2 is 1.63 bits per heavy atom. The average Bonchev–Trinajstić information content (AvgIpc) is 4.23. The lowest BCUT2D eigenvalue weighted by atomic mass is 9.68. The largest absolute Gasteiger partial charge is 0.461 e. The van der Waals surface area contributed by atoms with Crippen LogP contribution >= 0.6 is 0 Å². The number of likely N-dealkylation sites (tertiary alicyclic amines) is 1. The van der Waals surface area contributed by atoms with Gasteiger partial charge in [-0.2, -0.15) is 9.97 Å². The fraction of sp³-hybridized carbons (Fsp3) is 0.532. The fourth-order valence-corrected chi connectivity index (χ4v) is 14.8. The van der Waals surface area contributed by atoms with Crippen LogP contribution in [0.4, 0.5) is 25.1 Å². The number of hydrogen-bond acceptors (Lipinski definition) is 14. The first-order chi connectivity index (χ1) is 39.4. The number of pyridine rings is 1. The SMILES string of the molecule is C#Cc1c(F)ccc2cccc(-c3nc4c5c(nc(OCC67CCCN6CCC7)nc5c3F)N3CCCOCC3CC4)c12.COC(=O)N1CC2(CCC(OC3CCN(c4ccc5c(c4)CN(C4CCC(=O)NC4=O)C5=O)CC3)CC2)C1. The lowest BCUT2D eigenvalue weighted by molar-refractivity contribution is -0.136. The van der Waals surface area contributed by atoms with Crippen molar-refractivity contribution in [3.05, 3.63) is 82.5 Å². The van der Waals surface area contributed by atoms with Crippen molar-refractivity contribution in [3.8, 4) is 29.6 Å². The second-order valence-electron chi connectivity index (χ2n) is 23.9. The molecule has 1 spiro atoms. The van der Waals surface area contributed by atoms with Crippen molar-refractivity contribution in [1.82, 2.24) is 35.0 Å². The lowest BCUT2D eigenvalue weighted by Gasteiger charge is -2.52. The molecule has 17 nitrogen and oxygen atoms in total. The summed E-state index contributed by atoms with van der Waals surface area (Å²) in [6, 6.07) is 14.0. The van der Waals surface area contributed by atoms with Crippen LogP contribution in [0.1, 0.15) is 117 Å². The Morgan fingerprint density at radius 1 is 0.840 bits per heavy atom. The molecule has 7 fully saturated rings. The van der Waals surface area contributed by atoms with Crippen LogP contribution in [0.25, 0.3) is 32.9 Å². The van der Waals surface area contributed by atoms with E-state index in [0.29, 0.717) is 84.1 Å². The highest BCUT2D eigenvalue weighted by atomic mass is 19.1. The maximum atomic E-state index is 16.9. The Kier molecular flexibility index (Phi) is 14.3. The van der Waals surface area contributed by atoms with Crippen molar-refractivity contribution >= 4 is 57.0 Å². The Morgan fingerprint density at radius 3 is 2.40 bits per heavy atom. The second kappa shape index (κ2) is 21.7. The molecule has 1 N–H and O–H groups in total. The van der Waals surface area contributed by atoms with Gasteiger partial charge in [-0.15, -0.1) is 6.42 Å². The van der Waals surface area contributed by atoms with Gasteiger partial charge in [0.2, 0.25) is 11.8 Å². The number of terminal acetylenes is 1. The Labute approximate surface area is 470 Å². The number of aromatic nitrogens is 3. The van der Waals surface area contributed by atoms with Crippen LogP contribution in [0.15, 0.2) is 48.5 Å². The first-order valence-electron chi connectivity index (χ1n) is 29.2. The van der Waals surface area contributed by atoms with E-state index in [-0.39, 0.29) is 76.1 Å². The van der Waals surface area contributed by atoms with E-state index >= 15 is 4.39 Å². The summed E-state index contributed by atoms with van der Waals surface area (Å²) in [6.45, 7) is 8.45. The quantitative estimate of drug-likeness (QED) is 0.117. The molecule has 5 aromatic rings. The van der Waals surface area contributed by atoms with Gasteiger partial charge in [-0.1, -0.05) is 30.2 Å². The Bertz CT molecular complexity index is 3360. The molecule has 81 heavy (non-hydrogen) atoms. The predicted octanol–water partition coefficient (Wildman–Crippen LogP) is 8.10. The molecule has 9 aliphatic rings. The fourth-order valence-electron chi connectivity index (χ4n) is 14.8. The van der Waals surface area contributed by atoms with Crippen molar-refractivity contribution in [2.75, 3.05) is 82.5 Å². The summed E-state index contributed by atoms with van der Waals surface area (Å²) in [4.78, 5) is 73.6. The van der Waals surface area contributed by atoms with Gasteiger partial charge in [-0.05, 0) is 138 Å². The molecule has 1 saturated carbocycles. The number of hydrogen-bond donors (Lipinski definition) is 1. The molecule has 2 aromatic heterocycles. The van der Waals surface area contributed by atoms with Gasteiger partial charge in [0, 0.05) is 79.9 Å². The highest BCUT2D eigenvalue weighted by molar-refractivity contribution is 6.06. The molecule has 2 unspecified atom stereocenters. The third kappa shape index (κ3) is 9.88. The molecular formula is C62H69F2N9O8. The van der Waals surface area contributed by atoms with E-state index in [1.807, 2.05) is 24.3 Å². The molecule has 1 aliphatic carbocycles. The van der Waals surface area contributed by atoms with E-state index in [1.165, 1.54) is 13.2 Å². The number of nitrogens with one attached hydrogen (secondary N) is 1. The number of anilines is 2. The zero-order valence-electron chi connectivity index (χ0n) is 46.0. The van der Waals surface area contributed by atoms with Gasteiger partial charge in [0.1, 0.15) is 35.5 Å². The van der Waals surface area contributed by atoms with Gasteiger partial charge < -0.3 is 38.5 Å². The molecule has 3 aromatic carbocycles. The minimum Gasteiger partial charge on any atom is -0.461 e. The zero-order chi connectivity index (χ0) is 55.6. The number of methoxy groups -OCH3 is 1. The third-order valence-corrected chi connectivity index (χ3v) is 19.1. The van der Waals surface area contributed by atoms with Crippen LogP contribution in [-0.2, 0) is 36.8 Å². The lowest BCUT2D eigenvalue weighted by Crippen LogP contribution is -2.60. The molecule has 2 atom stereocenters. The second-order valence-corrected chi connectivity index (χ2v) is 23.9. The first kappa shape index (κ1) is 53.3. The number of piperidine rings is 2. The molecule has 19 heteroatoms. The van der Waals surface area contributed by atoms with Gasteiger partial charge in [-0.25, -0.2) is 18.6 Å².